The smallest absolute Gasteiger partial charge is 0.256 e. The van der Waals surface area contributed by atoms with Crippen molar-refractivity contribution in [3.8, 4) is 5.75 Å². The Kier molecular flexibility index (Phi) is 5.88. The molecular weight excluding hydrogens is 472 g/mol. The third-order valence-corrected chi connectivity index (χ3v) is 7.13. The van der Waals surface area contributed by atoms with Gasteiger partial charge in [0.05, 0.1) is 48.8 Å². The van der Waals surface area contributed by atoms with Gasteiger partial charge in [-0.2, -0.15) is 0 Å². The van der Waals surface area contributed by atoms with Crippen molar-refractivity contribution >= 4 is 23.2 Å². The van der Waals surface area contributed by atoms with E-state index in [9.17, 15) is 45.0 Å². The van der Waals surface area contributed by atoms with Gasteiger partial charge in [0.15, 0.2) is 11.6 Å². The molecule has 9 N–H and O–H groups in total. The van der Waals surface area contributed by atoms with Crippen LogP contribution in [0.15, 0.2) is 35.1 Å². The first-order valence-corrected chi connectivity index (χ1v) is 10.2. The van der Waals surface area contributed by atoms with Gasteiger partial charge in [-0.1, -0.05) is 12.1 Å². The molecule has 0 bridgehead atoms. The van der Waals surface area contributed by atoms with Crippen LogP contribution >= 0.6 is 0 Å². The Morgan fingerprint density at radius 1 is 1.12 bits per heavy atom. The highest BCUT2D eigenvalue weighted by Gasteiger charge is 2.71. The van der Waals surface area contributed by atoms with Crippen LogP contribution < -0.4 is 23.0 Å². The Hall–Kier alpha value is -2.96. The van der Waals surface area contributed by atoms with Crippen LogP contribution in [0.4, 0.5) is 0 Å². The average molecular weight is 497 g/mol. The maximum atomic E-state index is 13.7. The number of phenols is 1. The number of benzene rings is 1. The standard InChI is InChI=1S/C22H24N2O9.ClH/c1-21(32)7-5-4-6-8(25)9(7)15(26)10-12(21)17(28)13-14(24(2)3)16(27)11(20(23)31)19(30)22(13,33)18(10)29;/h4-6,12-14,17,25-26,28,30,32-33H,1-3H3,(H2,23,31);1H/t12?,13?,14?,17?,21-,22?;/m1./s1. The van der Waals surface area contributed by atoms with E-state index < -0.39 is 81.1 Å². The summed E-state index contributed by atoms with van der Waals surface area (Å²) in [7, 11) is 2.96. The van der Waals surface area contributed by atoms with Gasteiger partial charge < -0.3 is 53.7 Å². The number of rotatable bonds is 2. The van der Waals surface area contributed by atoms with Crippen molar-refractivity contribution in [2.24, 2.45) is 17.6 Å². The molecule has 1 aromatic rings. The van der Waals surface area contributed by atoms with Gasteiger partial charge in [0.2, 0.25) is 11.6 Å². The van der Waals surface area contributed by atoms with E-state index in [1.165, 1.54) is 39.2 Å². The zero-order valence-corrected chi connectivity index (χ0v) is 19.2. The second-order valence-corrected chi connectivity index (χ2v) is 9.21. The van der Waals surface area contributed by atoms with Crippen molar-refractivity contribution in [3.63, 3.8) is 0 Å². The Bertz CT molecular complexity index is 1190. The van der Waals surface area contributed by atoms with Gasteiger partial charge in [0.25, 0.3) is 5.91 Å². The molecule has 184 valence electrons. The molecule has 1 fully saturated rings. The number of nitrogens with two attached hydrogens (primary N) is 1. The summed E-state index contributed by atoms with van der Waals surface area (Å²) < 4.78 is 0. The van der Waals surface area contributed by atoms with E-state index >= 15 is 0 Å². The molecule has 6 atom stereocenters. The zero-order valence-electron chi connectivity index (χ0n) is 18.4. The Labute approximate surface area is 199 Å². The number of ketones is 2. The maximum Gasteiger partial charge on any atom is 0.256 e. The van der Waals surface area contributed by atoms with Gasteiger partial charge in [0.1, 0.15) is 22.8 Å². The number of fused-ring (bicyclic) bond motifs is 3. The van der Waals surface area contributed by atoms with Crippen molar-refractivity contribution < 1.29 is 62.3 Å². The van der Waals surface area contributed by atoms with Gasteiger partial charge in [-0.15, -0.1) is 0 Å². The minimum absolute atomic E-state index is 0. The van der Waals surface area contributed by atoms with Crippen LogP contribution in [0, 0.1) is 11.8 Å². The third-order valence-electron chi connectivity index (χ3n) is 7.13. The number of carbonyl (C=O) groups excluding carboxylic acids is 3. The highest BCUT2D eigenvalue weighted by molar-refractivity contribution is 6.24. The molecule has 0 aromatic heterocycles. The van der Waals surface area contributed by atoms with E-state index in [1.807, 2.05) is 0 Å². The molecule has 4 rings (SSSR count). The summed E-state index contributed by atoms with van der Waals surface area (Å²) in [5, 5.41) is 66.4. The predicted molar refractivity (Wildman–Crippen MR) is 111 cm³/mol. The number of quaternary nitrogens is 1. The lowest BCUT2D eigenvalue weighted by Gasteiger charge is -2.54. The van der Waals surface area contributed by atoms with Crippen LogP contribution in [0.25, 0.3) is 5.76 Å². The van der Waals surface area contributed by atoms with E-state index in [2.05, 4.69) is 0 Å². The molecule has 5 unspecified atom stereocenters. The highest BCUT2D eigenvalue weighted by atomic mass is 35.5. The summed E-state index contributed by atoms with van der Waals surface area (Å²) in [6, 6.07) is 2.60. The second kappa shape index (κ2) is 7.79. The minimum Gasteiger partial charge on any atom is -1.00 e. The molecule has 34 heavy (non-hydrogen) atoms. The lowest BCUT2D eigenvalue weighted by molar-refractivity contribution is -0.881. The molecule has 1 aromatic carbocycles. The number of carbonyl (C=O) groups is 3. The first kappa shape index (κ1) is 25.7. The number of hydrogen-bond acceptors (Lipinski definition) is 9. The SMILES string of the molecule is C[NH+](C)C1C(=O)C(C(N)=O)=C(O)C2(O)C(=O)C3=C(O)c4c(O)cccc4[C@@](C)(O)C3C(O)C12.[Cl-]. The molecule has 0 spiro atoms. The molecule has 11 nitrogen and oxygen atoms in total. The lowest BCUT2D eigenvalue weighted by atomic mass is 9.53. The summed E-state index contributed by atoms with van der Waals surface area (Å²) in [5.41, 5.74) is -1.69. The van der Waals surface area contributed by atoms with E-state index in [-0.39, 0.29) is 23.5 Å². The topological polar surface area (TPSA) is 203 Å². The number of amides is 1. The average Bonchev–Trinajstić information content (AvgIpc) is 2.70. The number of aromatic hydroxyl groups is 1. The molecule has 0 radical (unpaired) electrons. The van der Waals surface area contributed by atoms with Gasteiger partial charge in [-0.25, -0.2) is 0 Å². The molecular formula is C22H25ClN2O9. The highest BCUT2D eigenvalue weighted by Crippen LogP contribution is 2.56. The molecule has 0 aliphatic heterocycles. The summed E-state index contributed by atoms with van der Waals surface area (Å²) in [5.74, 6) is -9.53. The number of nitrogens with one attached hydrogen (secondary N) is 1. The van der Waals surface area contributed by atoms with Gasteiger partial charge in [0, 0.05) is 0 Å². The number of halogens is 1. The minimum atomic E-state index is -3.00. The number of likely N-dealkylation sites (N-methyl/N-ethyl adjacent to an activating group) is 1. The molecule has 0 saturated heterocycles. The third kappa shape index (κ3) is 2.88. The summed E-state index contributed by atoms with van der Waals surface area (Å²) in [6.07, 6.45) is -1.85. The molecule has 1 amide bonds. The van der Waals surface area contributed by atoms with E-state index in [0.717, 1.165) is 0 Å². The first-order chi connectivity index (χ1) is 15.2. The number of phenolic OH excluding ortho intramolecular Hbond substituents is 1. The Morgan fingerprint density at radius 3 is 2.24 bits per heavy atom. The van der Waals surface area contributed by atoms with Crippen LogP contribution in [-0.4, -0.2) is 80.0 Å². The van der Waals surface area contributed by atoms with E-state index in [4.69, 9.17) is 5.73 Å². The fraction of sp³-hybridized carbons (Fsp3) is 0.409. The summed E-state index contributed by atoms with van der Waals surface area (Å²) in [6.45, 7) is 1.26. The van der Waals surface area contributed by atoms with Crippen LogP contribution in [0.3, 0.4) is 0 Å². The van der Waals surface area contributed by atoms with Gasteiger partial charge in [-0.3, -0.25) is 14.4 Å². The quantitative estimate of drug-likeness (QED) is 0.183. The molecule has 12 heteroatoms. The molecule has 3 aliphatic carbocycles. The monoisotopic (exact) mass is 496 g/mol. The first-order valence-electron chi connectivity index (χ1n) is 10.2. The number of hydrogen-bond donors (Lipinski definition) is 8. The van der Waals surface area contributed by atoms with Crippen LogP contribution in [0.1, 0.15) is 18.1 Å². The molecule has 3 aliphatic rings. The fourth-order valence-corrected chi connectivity index (χ4v) is 5.69. The number of primary amides is 1. The predicted octanol–water partition coefficient (Wildman–Crippen LogP) is -5.81. The number of aliphatic hydroxyl groups is 5. The largest absolute Gasteiger partial charge is 1.00 e. The Morgan fingerprint density at radius 2 is 1.71 bits per heavy atom. The van der Waals surface area contributed by atoms with Crippen molar-refractivity contribution in [2.45, 2.75) is 30.3 Å². The Balaban J connectivity index is 0.00000324. The fourth-order valence-electron chi connectivity index (χ4n) is 5.69. The zero-order chi connectivity index (χ0) is 24.8. The molecule has 0 heterocycles. The van der Waals surface area contributed by atoms with Crippen molar-refractivity contribution in [1.29, 1.82) is 0 Å². The van der Waals surface area contributed by atoms with Crippen molar-refractivity contribution in [1.82, 2.24) is 0 Å². The normalized spacial score (nSPS) is 34.9. The van der Waals surface area contributed by atoms with E-state index in [1.54, 1.807) is 0 Å². The summed E-state index contributed by atoms with van der Waals surface area (Å²) in [4.78, 5) is 39.0. The van der Waals surface area contributed by atoms with Crippen LogP contribution in [0.5, 0.6) is 5.75 Å². The van der Waals surface area contributed by atoms with Crippen molar-refractivity contribution in [3.05, 3.63) is 46.2 Å². The van der Waals surface area contributed by atoms with Crippen LogP contribution in [-0.2, 0) is 20.0 Å². The lowest BCUT2D eigenvalue weighted by Crippen LogP contribution is -3.13. The second-order valence-electron chi connectivity index (χ2n) is 9.21. The summed E-state index contributed by atoms with van der Waals surface area (Å²) >= 11 is 0. The van der Waals surface area contributed by atoms with Gasteiger partial charge >= 0.3 is 0 Å². The molecule has 1 saturated carbocycles. The van der Waals surface area contributed by atoms with Gasteiger partial charge in [-0.05, 0) is 18.6 Å². The maximum absolute atomic E-state index is 13.7. The number of aliphatic hydroxyl groups excluding tert-OH is 3. The van der Waals surface area contributed by atoms with Crippen LogP contribution in [0.2, 0.25) is 0 Å². The van der Waals surface area contributed by atoms with E-state index in [0.29, 0.717) is 4.90 Å². The number of Topliss-reactive ketones (excluding diaryl/α,β-unsaturated/α-hetero) is 2. The van der Waals surface area contributed by atoms with Crippen molar-refractivity contribution in [2.75, 3.05) is 14.1 Å².